The minimum atomic E-state index is -0.386. The number of ether oxygens (including phenoxy) is 1. The first kappa shape index (κ1) is 16.6. The number of aromatic nitrogens is 3. The molecule has 1 aliphatic heterocycles. The summed E-state index contributed by atoms with van der Waals surface area (Å²) in [6.07, 6.45) is 1.59. The van der Waals surface area contributed by atoms with Crippen molar-refractivity contribution in [3.05, 3.63) is 36.2 Å². The molecule has 6 nitrogen and oxygen atoms in total. The summed E-state index contributed by atoms with van der Waals surface area (Å²) in [5.74, 6) is 1.82. The van der Waals surface area contributed by atoms with Crippen molar-refractivity contribution in [2.75, 3.05) is 19.7 Å². The predicted molar refractivity (Wildman–Crippen MR) is 91.5 cm³/mol. The summed E-state index contributed by atoms with van der Waals surface area (Å²) >= 11 is 0. The quantitative estimate of drug-likeness (QED) is 0.916. The Kier molecular flexibility index (Phi) is 5.25. The second kappa shape index (κ2) is 7.57. The van der Waals surface area contributed by atoms with Gasteiger partial charge < -0.3 is 9.64 Å². The van der Waals surface area contributed by atoms with E-state index in [0.29, 0.717) is 19.0 Å². The third-order valence-electron chi connectivity index (χ3n) is 4.42. The van der Waals surface area contributed by atoms with Crippen LogP contribution in [-0.2, 0) is 9.53 Å². The number of amides is 1. The molecular weight excluding hydrogens is 304 g/mol. The molecule has 2 aromatic rings. The predicted octanol–water partition coefficient (Wildman–Crippen LogP) is 2.60. The van der Waals surface area contributed by atoms with Crippen LogP contribution in [0, 0.1) is 0 Å². The van der Waals surface area contributed by atoms with Crippen molar-refractivity contribution in [3.8, 4) is 11.4 Å². The number of hydrogen-bond acceptors (Lipinski definition) is 4. The van der Waals surface area contributed by atoms with E-state index in [1.165, 1.54) is 0 Å². The second-order valence-electron chi connectivity index (χ2n) is 6.13. The van der Waals surface area contributed by atoms with E-state index in [-0.39, 0.29) is 17.9 Å². The Balaban J connectivity index is 1.69. The highest BCUT2D eigenvalue weighted by Crippen LogP contribution is 2.26. The molecule has 1 amide bonds. The van der Waals surface area contributed by atoms with Crippen molar-refractivity contribution in [2.24, 2.45) is 0 Å². The van der Waals surface area contributed by atoms with Crippen LogP contribution in [0.2, 0.25) is 0 Å². The number of H-pyrrole nitrogens is 1. The number of nitrogens with one attached hydrogen (secondary N) is 1. The van der Waals surface area contributed by atoms with E-state index in [9.17, 15) is 4.79 Å². The van der Waals surface area contributed by atoms with E-state index >= 15 is 0 Å². The molecule has 1 aromatic carbocycles. The van der Waals surface area contributed by atoms with Gasteiger partial charge >= 0.3 is 0 Å². The number of likely N-dealkylation sites (tertiary alicyclic amines) is 1. The van der Waals surface area contributed by atoms with E-state index < -0.39 is 0 Å². The Morgan fingerprint density at radius 1 is 1.42 bits per heavy atom. The van der Waals surface area contributed by atoms with Gasteiger partial charge in [-0.05, 0) is 26.7 Å². The SMILES string of the molecule is CCO[C@H](C)C(=O)N1CCC[C@@H](c2nc(-c3ccccc3)n[nH]2)C1. The fraction of sp³-hybridized carbons (Fsp3) is 0.500. The molecule has 1 aromatic heterocycles. The van der Waals surface area contributed by atoms with Gasteiger partial charge in [-0.25, -0.2) is 4.98 Å². The van der Waals surface area contributed by atoms with E-state index in [1.54, 1.807) is 0 Å². The van der Waals surface area contributed by atoms with Gasteiger partial charge in [0, 0.05) is 31.2 Å². The number of carbonyl (C=O) groups excluding carboxylic acids is 1. The van der Waals surface area contributed by atoms with Gasteiger partial charge in [-0.1, -0.05) is 30.3 Å². The van der Waals surface area contributed by atoms with Gasteiger partial charge in [-0.2, -0.15) is 5.10 Å². The van der Waals surface area contributed by atoms with Crippen molar-refractivity contribution in [2.45, 2.75) is 38.7 Å². The van der Waals surface area contributed by atoms with Crippen LogP contribution >= 0.6 is 0 Å². The zero-order valence-electron chi connectivity index (χ0n) is 14.2. The maximum Gasteiger partial charge on any atom is 0.251 e. The highest BCUT2D eigenvalue weighted by molar-refractivity contribution is 5.80. The van der Waals surface area contributed by atoms with E-state index in [4.69, 9.17) is 4.74 Å². The standard InChI is InChI=1S/C18H24N4O2/c1-3-24-13(2)18(23)22-11-7-10-15(12-22)17-19-16(20-21-17)14-8-5-4-6-9-14/h4-6,8-9,13,15H,3,7,10-12H2,1-2H3,(H,19,20,21)/t13-,15-/m1/s1. The molecule has 2 atom stereocenters. The molecule has 0 spiro atoms. The lowest BCUT2D eigenvalue weighted by Gasteiger charge is -2.33. The van der Waals surface area contributed by atoms with Crippen molar-refractivity contribution in [1.82, 2.24) is 20.1 Å². The molecule has 0 aliphatic carbocycles. The summed E-state index contributed by atoms with van der Waals surface area (Å²) in [5, 5.41) is 7.39. The first-order chi connectivity index (χ1) is 11.7. The molecule has 0 radical (unpaired) electrons. The molecular formula is C18H24N4O2. The van der Waals surface area contributed by atoms with Crippen LogP contribution in [0.15, 0.2) is 30.3 Å². The van der Waals surface area contributed by atoms with Crippen molar-refractivity contribution in [1.29, 1.82) is 0 Å². The molecule has 1 saturated heterocycles. The number of nitrogens with zero attached hydrogens (tertiary/aromatic N) is 3. The van der Waals surface area contributed by atoms with Crippen LogP contribution < -0.4 is 0 Å². The number of piperidine rings is 1. The number of benzene rings is 1. The summed E-state index contributed by atoms with van der Waals surface area (Å²) in [5.41, 5.74) is 0.994. The molecule has 24 heavy (non-hydrogen) atoms. The van der Waals surface area contributed by atoms with Crippen molar-refractivity contribution < 1.29 is 9.53 Å². The number of aromatic amines is 1. The van der Waals surface area contributed by atoms with Gasteiger partial charge in [-0.15, -0.1) is 0 Å². The van der Waals surface area contributed by atoms with E-state index in [2.05, 4.69) is 15.2 Å². The van der Waals surface area contributed by atoms with Gasteiger partial charge in [0.25, 0.3) is 5.91 Å². The largest absolute Gasteiger partial charge is 0.369 e. The number of hydrogen-bond donors (Lipinski definition) is 1. The van der Waals surface area contributed by atoms with Gasteiger partial charge in [0.1, 0.15) is 11.9 Å². The Labute approximate surface area is 142 Å². The summed E-state index contributed by atoms with van der Waals surface area (Å²) in [6.45, 7) is 5.72. The topological polar surface area (TPSA) is 71.1 Å². The Morgan fingerprint density at radius 3 is 2.96 bits per heavy atom. The normalized spacial score (nSPS) is 19.2. The van der Waals surface area contributed by atoms with Crippen LogP contribution in [0.25, 0.3) is 11.4 Å². The zero-order valence-corrected chi connectivity index (χ0v) is 14.2. The molecule has 0 bridgehead atoms. The first-order valence-electron chi connectivity index (χ1n) is 8.57. The molecule has 6 heteroatoms. The summed E-state index contributed by atoms with van der Waals surface area (Å²) in [6, 6.07) is 9.91. The second-order valence-corrected chi connectivity index (χ2v) is 6.13. The molecule has 0 unspecified atom stereocenters. The van der Waals surface area contributed by atoms with Crippen LogP contribution in [-0.4, -0.2) is 51.8 Å². The number of rotatable bonds is 5. The first-order valence-corrected chi connectivity index (χ1v) is 8.57. The molecule has 0 saturated carbocycles. The van der Waals surface area contributed by atoms with Crippen molar-refractivity contribution >= 4 is 5.91 Å². The maximum absolute atomic E-state index is 12.4. The minimum Gasteiger partial charge on any atom is -0.369 e. The Hall–Kier alpha value is -2.21. The highest BCUT2D eigenvalue weighted by atomic mass is 16.5. The van der Waals surface area contributed by atoms with E-state index in [0.717, 1.165) is 30.8 Å². The van der Waals surface area contributed by atoms with Crippen LogP contribution in [0.4, 0.5) is 0 Å². The molecule has 128 valence electrons. The van der Waals surface area contributed by atoms with Gasteiger partial charge in [-0.3, -0.25) is 9.89 Å². The smallest absolute Gasteiger partial charge is 0.251 e. The minimum absolute atomic E-state index is 0.0596. The van der Waals surface area contributed by atoms with Crippen molar-refractivity contribution in [3.63, 3.8) is 0 Å². The van der Waals surface area contributed by atoms with E-state index in [1.807, 2.05) is 49.1 Å². The fourth-order valence-corrected chi connectivity index (χ4v) is 3.15. The third kappa shape index (κ3) is 3.64. The lowest BCUT2D eigenvalue weighted by molar-refractivity contribution is -0.143. The average Bonchev–Trinajstić information content (AvgIpc) is 3.12. The van der Waals surface area contributed by atoms with Gasteiger partial charge in [0.2, 0.25) is 0 Å². The Morgan fingerprint density at radius 2 is 2.21 bits per heavy atom. The molecule has 1 fully saturated rings. The monoisotopic (exact) mass is 328 g/mol. The molecule has 1 aliphatic rings. The number of carbonyl (C=O) groups is 1. The summed E-state index contributed by atoms with van der Waals surface area (Å²) < 4.78 is 5.43. The summed E-state index contributed by atoms with van der Waals surface area (Å²) in [7, 11) is 0. The Bertz CT molecular complexity index is 671. The maximum atomic E-state index is 12.4. The lowest BCUT2D eigenvalue weighted by Crippen LogP contribution is -2.44. The molecule has 3 rings (SSSR count). The lowest BCUT2D eigenvalue weighted by atomic mass is 9.97. The highest BCUT2D eigenvalue weighted by Gasteiger charge is 2.29. The van der Waals surface area contributed by atoms with Gasteiger partial charge in [0.15, 0.2) is 5.82 Å². The fourth-order valence-electron chi connectivity index (χ4n) is 3.15. The van der Waals surface area contributed by atoms with Crippen LogP contribution in [0.1, 0.15) is 38.4 Å². The zero-order chi connectivity index (χ0) is 16.9. The average molecular weight is 328 g/mol. The van der Waals surface area contributed by atoms with Gasteiger partial charge in [0.05, 0.1) is 0 Å². The molecule has 1 N–H and O–H groups in total. The summed E-state index contributed by atoms with van der Waals surface area (Å²) in [4.78, 5) is 19.0. The van der Waals surface area contributed by atoms with Crippen LogP contribution in [0.3, 0.4) is 0 Å². The third-order valence-corrected chi connectivity index (χ3v) is 4.42. The molecule has 2 heterocycles. The van der Waals surface area contributed by atoms with Crippen LogP contribution in [0.5, 0.6) is 0 Å².